The summed E-state index contributed by atoms with van der Waals surface area (Å²) in [6.45, 7) is 1.47. The fourth-order valence-electron chi connectivity index (χ4n) is 2.69. The molecule has 0 unspecified atom stereocenters. The predicted octanol–water partition coefficient (Wildman–Crippen LogP) is 3.60. The van der Waals surface area contributed by atoms with Crippen LogP contribution in [0, 0.1) is 0 Å². The Kier molecular flexibility index (Phi) is 6.28. The van der Waals surface area contributed by atoms with Crippen LogP contribution in [0.5, 0.6) is 17.2 Å². The van der Waals surface area contributed by atoms with Crippen LogP contribution in [0.3, 0.4) is 0 Å². The van der Waals surface area contributed by atoms with E-state index in [4.69, 9.17) is 14.2 Å². The number of aryl methyl sites for hydroxylation is 1. The van der Waals surface area contributed by atoms with Gasteiger partial charge in [0.15, 0.2) is 11.5 Å². The first kappa shape index (κ1) is 19.9. The summed E-state index contributed by atoms with van der Waals surface area (Å²) in [5.41, 5.74) is 0.243. The van der Waals surface area contributed by atoms with E-state index in [0.717, 1.165) is 17.7 Å². The van der Waals surface area contributed by atoms with Crippen molar-refractivity contribution < 1.29 is 32.2 Å². The topological polar surface area (TPSA) is 56.8 Å². The van der Waals surface area contributed by atoms with Crippen LogP contribution in [0.15, 0.2) is 42.5 Å². The molecule has 1 aliphatic heterocycles. The van der Waals surface area contributed by atoms with Gasteiger partial charge < -0.3 is 19.5 Å². The summed E-state index contributed by atoms with van der Waals surface area (Å²) in [7, 11) is 0. The van der Waals surface area contributed by atoms with Gasteiger partial charge >= 0.3 is 6.18 Å². The average molecular weight is 395 g/mol. The number of halogens is 3. The maximum Gasteiger partial charge on any atom is 0.416 e. The van der Waals surface area contributed by atoms with Crippen molar-refractivity contribution in [2.45, 2.75) is 19.0 Å². The van der Waals surface area contributed by atoms with Crippen molar-refractivity contribution >= 4 is 5.91 Å². The zero-order valence-corrected chi connectivity index (χ0v) is 15.1. The Labute approximate surface area is 160 Å². The first-order chi connectivity index (χ1) is 13.4. The third-order valence-corrected chi connectivity index (χ3v) is 4.12. The highest BCUT2D eigenvalue weighted by Gasteiger charge is 2.30. The lowest BCUT2D eigenvalue weighted by Gasteiger charge is -2.18. The van der Waals surface area contributed by atoms with E-state index in [0.29, 0.717) is 43.3 Å². The number of alkyl halides is 3. The van der Waals surface area contributed by atoms with Crippen molar-refractivity contribution in [2.75, 3.05) is 26.4 Å². The van der Waals surface area contributed by atoms with Crippen LogP contribution >= 0.6 is 0 Å². The van der Waals surface area contributed by atoms with E-state index >= 15 is 0 Å². The summed E-state index contributed by atoms with van der Waals surface area (Å²) >= 11 is 0. The molecule has 0 atom stereocenters. The van der Waals surface area contributed by atoms with E-state index in [1.54, 1.807) is 0 Å². The van der Waals surface area contributed by atoms with E-state index in [-0.39, 0.29) is 19.1 Å². The quantitative estimate of drug-likeness (QED) is 0.728. The first-order valence-electron chi connectivity index (χ1n) is 8.87. The summed E-state index contributed by atoms with van der Waals surface area (Å²) in [4.78, 5) is 11.9. The van der Waals surface area contributed by atoms with Gasteiger partial charge in [-0.15, -0.1) is 0 Å². The molecular weight excluding hydrogens is 375 g/mol. The number of fused-ring (bicyclic) bond motifs is 1. The number of rotatable bonds is 7. The number of carbonyl (C=O) groups is 1. The van der Waals surface area contributed by atoms with E-state index < -0.39 is 11.7 Å². The second-order valence-electron chi connectivity index (χ2n) is 6.20. The molecule has 0 fully saturated rings. The Morgan fingerprint density at radius 1 is 1.04 bits per heavy atom. The van der Waals surface area contributed by atoms with Gasteiger partial charge in [0, 0.05) is 6.42 Å². The van der Waals surface area contributed by atoms with Gasteiger partial charge in [-0.1, -0.05) is 6.07 Å². The molecule has 1 heterocycles. The summed E-state index contributed by atoms with van der Waals surface area (Å²) in [5, 5.41) is 2.72. The fourth-order valence-corrected chi connectivity index (χ4v) is 2.69. The zero-order valence-electron chi connectivity index (χ0n) is 15.1. The lowest BCUT2D eigenvalue weighted by molar-refractivity contribution is -0.137. The molecule has 0 bridgehead atoms. The molecular formula is C20H20F3NO4. The minimum absolute atomic E-state index is 0.133. The highest BCUT2D eigenvalue weighted by molar-refractivity contribution is 5.76. The smallest absolute Gasteiger partial charge is 0.416 e. The molecule has 0 spiro atoms. The Bertz CT molecular complexity index is 806. The van der Waals surface area contributed by atoms with Gasteiger partial charge in [0.05, 0.1) is 12.1 Å². The zero-order chi connectivity index (χ0) is 20.0. The fraction of sp³-hybridized carbons (Fsp3) is 0.350. The predicted molar refractivity (Wildman–Crippen MR) is 95.7 cm³/mol. The maximum atomic E-state index is 12.5. The lowest BCUT2D eigenvalue weighted by atomic mass is 10.1. The van der Waals surface area contributed by atoms with Gasteiger partial charge in [0.2, 0.25) is 5.91 Å². The molecule has 1 aliphatic rings. The molecule has 0 saturated heterocycles. The van der Waals surface area contributed by atoms with Crippen LogP contribution in [-0.4, -0.2) is 32.3 Å². The molecule has 5 nitrogen and oxygen atoms in total. The Morgan fingerprint density at radius 3 is 2.46 bits per heavy atom. The van der Waals surface area contributed by atoms with Gasteiger partial charge in [-0.25, -0.2) is 0 Å². The average Bonchev–Trinajstić information content (AvgIpc) is 2.69. The summed E-state index contributed by atoms with van der Waals surface area (Å²) in [6.07, 6.45) is -3.51. The molecule has 2 aromatic carbocycles. The highest BCUT2D eigenvalue weighted by Crippen LogP contribution is 2.31. The molecule has 8 heteroatoms. The molecule has 0 saturated carbocycles. The minimum Gasteiger partial charge on any atom is -0.492 e. The van der Waals surface area contributed by atoms with Crippen molar-refractivity contribution in [3.8, 4) is 17.2 Å². The van der Waals surface area contributed by atoms with Crippen molar-refractivity contribution in [1.29, 1.82) is 0 Å². The Balaban J connectivity index is 1.36. The number of hydrogen-bond acceptors (Lipinski definition) is 4. The highest BCUT2D eigenvalue weighted by atomic mass is 19.4. The molecule has 1 amide bonds. The van der Waals surface area contributed by atoms with E-state index in [1.165, 1.54) is 12.1 Å². The Morgan fingerprint density at radius 2 is 1.75 bits per heavy atom. The minimum atomic E-state index is -4.37. The monoisotopic (exact) mass is 395 g/mol. The number of ether oxygens (including phenoxy) is 3. The number of nitrogens with one attached hydrogen (secondary N) is 1. The van der Waals surface area contributed by atoms with Crippen LogP contribution in [0.4, 0.5) is 13.2 Å². The van der Waals surface area contributed by atoms with E-state index in [9.17, 15) is 18.0 Å². The summed E-state index contributed by atoms with van der Waals surface area (Å²) < 4.78 is 53.8. The SMILES string of the molecule is O=C(CCc1ccc2c(c1)OCCO2)NCCOc1ccc(C(F)(F)F)cc1. The van der Waals surface area contributed by atoms with Gasteiger partial charge in [-0.05, 0) is 48.4 Å². The number of carbonyl (C=O) groups excluding carboxylic acids is 1. The van der Waals surface area contributed by atoms with Gasteiger partial charge in [0.25, 0.3) is 0 Å². The third-order valence-electron chi connectivity index (χ3n) is 4.12. The molecule has 1 N–H and O–H groups in total. The molecule has 150 valence electrons. The van der Waals surface area contributed by atoms with Crippen LogP contribution in [-0.2, 0) is 17.4 Å². The van der Waals surface area contributed by atoms with Crippen LogP contribution in [0.2, 0.25) is 0 Å². The van der Waals surface area contributed by atoms with Crippen molar-refractivity contribution in [3.63, 3.8) is 0 Å². The second kappa shape index (κ2) is 8.86. The lowest BCUT2D eigenvalue weighted by Crippen LogP contribution is -2.28. The molecule has 3 rings (SSSR count). The van der Waals surface area contributed by atoms with Crippen LogP contribution in [0.1, 0.15) is 17.5 Å². The van der Waals surface area contributed by atoms with E-state index in [2.05, 4.69) is 5.32 Å². The van der Waals surface area contributed by atoms with Crippen LogP contribution < -0.4 is 19.5 Å². The summed E-state index contributed by atoms with van der Waals surface area (Å²) in [6, 6.07) is 10.0. The van der Waals surface area contributed by atoms with Gasteiger partial charge in [0.1, 0.15) is 25.6 Å². The van der Waals surface area contributed by atoms with Crippen molar-refractivity contribution in [3.05, 3.63) is 53.6 Å². The number of benzene rings is 2. The molecule has 28 heavy (non-hydrogen) atoms. The standard InChI is InChI=1S/C20H20F3NO4/c21-20(22,23)15-3-5-16(6-4-15)26-10-9-24-19(25)8-2-14-1-7-17-18(13-14)28-12-11-27-17/h1,3-7,13H,2,8-12H2,(H,24,25). The van der Waals surface area contributed by atoms with Crippen LogP contribution in [0.25, 0.3) is 0 Å². The van der Waals surface area contributed by atoms with E-state index in [1.807, 2.05) is 18.2 Å². The number of amides is 1. The second-order valence-corrected chi connectivity index (χ2v) is 6.20. The van der Waals surface area contributed by atoms with Gasteiger partial charge in [-0.2, -0.15) is 13.2 Å². The molecule has 0 aliphatic carbocycles. The first-order valence-corrected chi connectivity index (χ1v) is 8.87. The molecule has 0 aromatic heterocycles. The normalized spacial score (nSPS) is 13.1. The third kappa shape index (κ3) is 5.55. The Hall–Kier alpha value is -2.90. The largest absolute Gasteiger partial charge is 0.492 e. The molecule has 0 radical (unpaired) electrons. The number of hydrogen-bond donors (Lipinski definition) is 1. The maximum absolute atomic E-state index is 12.5. The van der Waals surface area contributed by atoms with Crippen molar-refractivity contribution in [1.82, 2.24) is 5.32 Å². The molecule has 2 aromatic rings. The summed E-state index contributed by atoms with van der Waals surface area (Å²) in [5.74, 6) is 1.58. The van der Waals surface area contributed by atoms with Gasteiger partial charge in [-0.3, -0.25) is 4.79 Å². The van der Waals surface area contributed by atoms with Crippen molar-refractivity contribution in [2.24, 2.45) is 0 Å².